The molecule has 1 aliphatic heterocycles. The van der Waals surface area contributed by atoms with Gasteiger partial charge in [0.25, 0.3) is 5.91 Å². The van der Waals surface area contributed by atoms with Crippen molar-refractivity contribution in [1.82, 2.24) is 4.90 Å². The highest BCUT2D eigenvalue weighted by atomic mass is 16.2. The van der Waals surface area contributed by atoms with Crippen LogP contribution in [0.5, 0.6) is 0 Å². The summed E-state index contributed by atoms with van der Waals surface area (Å²) in [6, 6.07) is 16.4. The van der Waals surface area contributed by atoms with Crippen molar-refractivity contribution in [1.29, 1.82) is 0 Å². The number of hydrogen-bond donors (Lipinski definition) is 0. The predicted octanol–water partition coefficient (Wildman–Crippen LogP) is 3.52. The molecule has 23 heavy (non-hydrogen) atoms. The Balaban J connectivity index is 1.69. The highest BCUT2D eigenvalue weighted by molar-refractivity contribution is 5.95. The quantitative estimate of drug-likeness (QED) is 0.866. The summed E-state index contributed by atoms with van der Waals surface area (Å²) in [5, 5.41) is 0. The number of amides is 1. The molecule has 0 N–H and O–H groups in total. The molecule has 0 unspecified atom stereocenters. The van der Waals surface area contributed by atoms with E-state index >= 15 is 0 Å². The summed E-state index contributed by atoms with van der Waals surface area (Å²) < 4.78 is 0. The molecular weight excluding hydrogens is 284 g/mol. The third-order valence-electron chi connectivity index (χ3n) is 4.66. The molecule has 1 saturated heterocycles. The van der Waals surface area contributed by atoms with Crippen LogP contribution >= 0.6 is 0 Å². The number of benzene rings is 2. The molecule has 2 aromatic carbocycles. The third kappa shape index (κ3) is 3.24. The topological polar surface area (TPSA) is 23.6 Å². The fraction of sp³-hybridized carbons (Fsp3) is 0.350. The average molecular weight is 308 g/mol. The molecular formula is C20H24N2O. The fourth-order valence-corrected chi connectivity index (χ4v) is 3.25. The Morgan fingerprint density at radius 1 is 0.957 bits per heavy atom. The Morgan fingerprint density at radius 3 is 2.30 bits per heavy atom. The van der Waals surface area contributed by atoms with E-state index in [1.165, 1.54) is 11.3 Å². The maximum atomic E-state index is 12.7. The summed E-state index contributed by atoms with van der Waals surface area (Å²) in [4.78, 5) is 17.1. The first-order valence-electron chi connectivity index (χ1n) is 8.38. The molecule has 0 atom stereocenters. The molecule has 1 fully saturated rings. The van der Waals surface area contributed by atoms with Gasteiger partial charge in [-0.2, -0.15) is 0 Å². The van der Waals surface area contributed by atoms with Crippen molar-refractivity contribution in [2.24, 2.45) is 0 Å². The van der Waals surface area contributed by atoms with Gasteiger partial charge >= 0.3 is 0 Å². The maximum absolute atomic E-state index is 12.7. The van der Waals surface area contributed by atoms with E-state index in [4.69, 9.17) is 0 Å². The number of carbonyl (C=O) groups is 1. The number of nitrogens with zero attached hydrogens (tertiary/aromatic N) is 2. The van der Waals surface area contributed by atoms with Crippen LogP contribution in [0.2, 0.25) is 0 Å². The molecule has 3 rings (SSSR count). The molecule has 3 nitrogen and oxygen atoms in total. The van der Waals surface area contributed by atoms with Crippen LogP contribution in [0.3, 0.4) is 0 Å². The van der Waals surface area contributed by atoms with Crippen molar-refractivity contribution in [2.75, 3.05) is 31.1 Å². The van der Waals surface area contributed by atoms with Crippen LogP contribution in [0.25, 0.3) is 0 Å². The zero-order valence-corrected chi connectivity index (χ0v) is 14.0. The van der Waals surface area contributed by atoms with E-state index in [1.54, 1.807) is 0 Å². The van der Waals surface area contributed by atoms with Crippen LogP contribution < -0.4 is 4.90 Å². The van der Waals surface area contributed by atoms with Crippen LogP contribution in [0, 0.1) is 6.92 Å². The molecule has 0 spiro atoms. The van der Waals surface area contributed by atoms with Crippen molar-refractivity contribution >= 4 is 11.6 Å². The van der Waals surface area contributed by atoms with Crippen LogP contribution in [-0.2, 0) is 6.42 Å². The predicted molar refractivity (Wildman–Crippen MR) is 95.1 cm³/mol. The summed E-state index contributed by atoms with van der Waals surface area (Å²) in [5.74, 6) is 0.159. The lowest BCUT2D eigenvalue weighted by atomic mass is 10.1. The highest BCUT2D eigenvalue weighted by Crippen LogP contribution is 2.23. The van der Waals surface area contributed by atoms with Crippen LogP contribution in [0.1, 0.15) is 28.4 Å². The van der Waals surface area contributed by atoms with Gasteiger partial charge in [-0.1, -0.05) is 43.3 Å². The summed E-state index contributed by atoms with van der Waals surface area (Å²) in [6.07, 6.45) is 1.04. The van der Waals surface area contributed by atoms with Crippen molar-refractivity contribution in [2.45, 2.75) is 20.3 Å². The van der Waals surface area contributed by atoms with Gasteiger partial charge in [0.15, 0.2) is 0 Å². The summed E-state index contributed by atoms with van der Waals surface area (Å²) >= 11 is 0. The van der Waals surface area contributed by atoms with E-state index in [1.807, 2.05) is 36.1 Å². The Hall–Kier alpha value is -2.29. The standard InChI is InChI=1S/C20H24N2O/c1-3-17-9-5-7-11-19(17)21-12-14-22(15-13-21)20(23)18-10-6-4-8-16(18)2/h4-11H,3,12-15H2,1-2H3. The third-order valence-corrected chi connectivity index (χ3v) is 4.66. The second-order valence-electron chi connectivity index (χ2n) is 6.08. The lowest BCUT2D eigenvalue weighted by Crippen LogP contribution is -2.49. The zero-order chi connectivity index (χ0) is 16.2. The Kier molecular flexibility index (Phi) is 4.65. The van der Waals surface area contributed by atoms with E-state index in [9.17, 15) is 4.79 Å². The molecule has 1 aliphatic rings. The van der Waals surface area contributed by atoms with Gasteiger partial charge in [-0.15, -0.1) is 0 Å². The molecule has 0 aliphatic carbocycles. The number of hydrogen-bond acceptors (Lipinski definition) is 2. The van der Waals surface area contributed by atoms with Gasteiger partial charge in [0.05, 0.1) is 0 Å². The number of aryl methyl sites for hydroxylation is 2. The van der Waals surface area contributed by atoms with Crippen LogP contribution in [0.15, 0.2) is 48.5 Å². The largest absolute Gasteiger partial charge is 0.368 e. The lowest BCUT2D eigenvalue weighted by molar-refractivity contribution is 0.0746. The molecule has 120 valence electrons. The van der Waals surface area contributed by atoms with Gasteiger partial charge in [0.1, 0.15) is 0 Å². The van der Waals surface area contributed by atoms with Gasteiger partial charge in [0, 0.05) is 37.4 Å². The molecule has 0 bridgehead atoms. The van der Waals surface area contributed by atoms with E-state index in [0.717, 1.165) is 43.7 Å². The van der Waals surface area contributed by atoms with Crippen molar-refractivity contribution < 1.29 is 4.79 Å². The Bertz CT molecular complexity index is 688. The van der Waals surface area contributed by atoms with Crippen molar-refractivity contribution in [3.63, 3.8) is 0 Å². The van der Waals surface area contributed by atoms with E-state index in [-0.39, 0.29) is 5.91 Å². The summed E-state index contributed by atoms with van der Waals surface area (Å²) in [7, 11) is 0. The van der Waals surface area contributed by atoms with Gasteiger partial charge in [-0.05, 0) is 36.6 Å². The minimum Gasteiger partial charge on any atom is -0.368 e. The molecule has 0 saturated carbocycles. The molecule has 3 heteroatoms. The van der Waals surface area contributed by atoms with E-state index in [0.29, 0.717) is 0 Å². The van der Waals surface area contributed by atoms with E-state index in [2.05, 4.69) is 36.1 Å². The SMILES string of the molecule is CCc1ccccc1N1CCN(C(=O)c2ccccc2C)CC1. The molecule has 0 aromatic heterocycles. The smallest absolute Gasteiger partial charge is 0.254 e. The molecule has 1 heterocycles. The lowest BCUT2D eigenvalue weighted by Gasteiger charge is -2.37. The first-order chi connectivity index (χ1) is 11.2. The summed E-state index contributed by atoms with van der Waals surface area (Å²) in [5.41, 5.74) is 4.58. The number of piperazine rings is 1. The molecule has 1 amide bonds. The second kappa shape index (κ2) is 6.86. The van der Waals surface area contributed by atoms with Crippen LogP contribution in [-0.4, -0.2) is 37.0 Å². The minimum absolute atomic E-state index is 0.159. The first kappa shape index (κ1) is 15.6. The number of para-hydroxylation sites is 1. The van der Waals surface area contributed by atoms with Gasteiger partial charge in [0.2, 0.25) is 0 Å². The van der Waals surface area contributed by atoms with Crippen molar-refractivity contribution in [3.8, 4) is 0 Å². The van der Waals surface area contributed by atoms with Gasteiger partial charge in [-0.25, -0.2) is 0 Å². The molecule has 2 aromatic rings. The highest BCUT2D eigenvalue weighted by Gasteiger charge is 2.23. The number of rotatable bonds is 3. The van der Waals surface area contributed by atoms with Gasteiger partial charge < -0.3 is 9.80 Å². The zero-order valence-electron chi connectivity index (χ0n) is 14.0. The Morgan fingerprint density at radius 2 is 1.61 bits per heavy atom. The number of anilines is 1. The first-order valence-corrected chi connectivity index (χ1v) is 8.38. The second-order valence-corrected chi connectivity index (χ2v) is 6.08. The molecule has 0 radical (unpaired) electrons. The fourth-order valence-electron chi connectivity index (χ4n) is 3.25. The van der Waals surface area contributed by atoms with E-state index < -0.39 is 0 Å². The monoisotopic (exact) mass is 308 g/mol. The maximum Gasteiger partial charge on any atom is 0.254 e. The van der Waals surface area contributed by atoms with Gasteiger partial charge in [-0.3, -0.25) is 4.79 Å². The number of carbonyl (C=O) groups excluding carboxylic acids is 1. The Labute approximate surface area is 138 Å². The van der Waals surface area contributed by atoms with Crippen LogP contribution in [0.4, 0.5) is 5.69 Å². The summed E-state index contributed by atoms with van der Waals surface area (Å²) in [6.45, 7) is 7.55. The minimum atomic E-state index is 0.159. The normalized spacial score (nSPS) is 14.9. The average Bonchev–Trinajstić information content (AvgIpc) is 2.61. The van der Waals surface area contributed by atoms with Crippen molar-refractivity contribution in [3.05, 3.63) is 65.2 Å².